The molecular weight excluding hydrogens is 228 g/mol. The van der Waals surface area contributed by atoms with Gasteiger partial charge in [-0.2, -0.15) is 0 Å². The van der Waals surface area contributed by atoms with Gasteiger partial charge < -0.3 is 4.74 Å². The Morgan fingerprint density at radius 3 is 2.83 bits per heavy atom. The fraction of sp³-hybridized carbons (Fsp3) is 0.600. The van der Waals surface area contributed by atoms with Crippen LogP contribution in [0.5, 0.6) is 0 Å². The molecule has 0 amide bonds. The topological polar surface area (TPSA) is 43.4 Å². The Bertz CT molecular complexity index is 500. The van der Waals surface area contributed by atoms with Crippen LogP contribution in [0.4, 0.5) is 0 Å². The third-order valence-corrected chi connectivity index (χ3v) is 4.94. The van der Waals surface area contributed by atoms with E-state index < -0.39 is 0 Å². The average molecular weight is 246 g/mol. The van der Waals surface area contributed by atoms with Gasteiger partial charge in [0.1, 0.15) is 6.10 Å². The van der Waals surface area contributed by atoms with Crippen LogP contribution in [0.2, 0.25) is 0 Å². The number of carbonyl (C=O) groups excluding carboxylic acids is 2. The molecule has 1 aliphatic heterocycles. The number of rotatable bonds is 0. The van der Waals surface area contributed by atoms with E-state index in [2.05, 4.69) is 6.92 Å². The van der Waals surface area contributed by atoms with Crippen LogP contribution in [0.1, 0.15) is 33.6 Å². The van der Waals surface area contributed by atoms with E-state index in [1.54, 1.807) is 6.08 Å². The van der Waals surface area contributed by atoms with Crippen LogP contribution in [-0.4, -0.2) is 17.9 Å². The smallest absolute Gasteiger partial charge is 0.309 e. The molecule has 0 aromatic carbocycles. The quantitative estimate of drug-likeness (QED) is 0.616. The first-order valence-corrected chi connectivity index (χ1v) is 6.57. The molecular formula is C15H18O3. The molecule has 3 nitrogen and oxygen atoms in total. The zero-order chi connectivity index (χ0) is 13.1. The second-order valence-electron chi connectivity index (χ2n) is 6.05. The average Bonchev–Trinajstić information content (AvgIpc) is 2.58. The third-order valence-electron chi connectivity index (χ3n) is 4.94. The molecule has 18 heavy (non-hydrogen) atoms. The van der Waals surface area contributed by atoms with Crippen LogP contribution in [-0.2, 0) is 14.3 Å². The predicted octanol–water partition coefficient (Wildman–Crippen LogP) is 2.42. The summed E-state index contributed by atoms with van der Waals surface area (Å²) in [6.07, 6.45) is 5.30. The van der Waals surface area contributed by atoms with Crippen LogP contribution >= 0.6 is 0 Å². The van der Waals surface area contributed by atoms with Gasteiger partial charge in [0.05, 0.1) is 5.92 Å². The van der Waals surface area contributed by atoms with E-state index in [0.717, 1.165) is 18.4 Å². The van der Waals surface area contributed by atoms with Crippen LogP contribution in [0.15, 0.2) is 23.3 Å². The first kappa shape index (κ1) is 11.7. The van der Waals surface area contributed by atoms with Crippen molar-refractivity contribution in [3.8, 4) is 0 Å². The Morgan fingerprint density at radius 1 is 1.39 bits per heavy atom. The van der Waals surface area contributed by atoms with Crippen molar-refractivity contribution in [2.45, 2.75) is 39.7 Å². The minimum Gasteiger partial charge on any atom is -0.462 e. The molecule has 3 rings (SSSR count). The van der Waals surface area contributed by atoms with Gasteiger partial charge in [-0.3, -0.25) is 9.59 Å². The second-order valence-corrected chi connectivity index (χ2v) is 6.05. The summed E-state index contributed by atoms with van der Waals surface area (Å²) >= 11 is 0. The molecule has 0 spiro atoms. The molecule has 0 aromatic rings. The maximum absolute atomic E-state index is 11.8. The van der Waals surface area contributed by atoms with Crippen molar-refractivity contribution < 1.29 is 14.3 Å². The van der Waals surface area contributed by atoms with E-state index in [-0.39, 0.29) is 35.1 Å². The van der Waals surface area contributed by atoms with Gasteiger partial charge in [0.25, 0.3) is 0 Å². The van der Waals surface area contributed by atoms with Gasteiger partial charge in [0, 0.05) is 11.3 Å². The lowest BCUT2D eigenvalue weighted by Crippen LogP contribution is -2.38. The van der Waals surface area contributed by atoms with Crippen molar-refractivity contribution >= 4 is 11.8 Å². The molecule has 2 fully saturated rings. The number of hydrogen-bond donors (Lipinski definition) is 0. The van der Waals surface area contributed by atoms with E-state index in [0.29, 0.717) is 0 Å². The fourth-order valence-electron chi connectivity index (χ4n) is 3.64. The SMILES string of the molecule is CC1=C2CC3C(CC2(C)C=CC1=O)OC(=O)C3C. The predicted molar refractivity (Wildman–Crippen MR) is 66.7 cm³/mol. The number of ether oxygens (including phenoxy) is 1. The molecule has 0 radical (unpaired) electrons. The van der Waals surface area contributed by atoms with Crippen molar-refractivity contribution in [2.24, 2.45) is 17.3 Å². The molecule has 0 bridgehead atoms. The lowest BCUT2D eigenvalue weighted by atomic mass is 9.62. The standard InChI is InChI=1S/C15H18O3/c1-8-10-6-11-9(2)12(16)4-5-15(11,3)7-13(10)18-14(8)17/h4-5,8,10,13H,6-7H2,1-3H3. The Kier molecular flexibility index (Phi) is 2.31. The lowest BCUT2D eigenvalue weighted by molar-refractivity contribution is -0.144. The molecule has 0 N–H and O–H groups in total. The molecule has 4 atom stereocenters. The van der Waals surface area contributed by atoms with Gasteiger partial charge >= 0.3 is 5.97 Å². The lowest BCUT2D eigenvalue weighted by Gasteiger charge is -2.42. The molecule has 96 valence electrons. The summed E-state index contributed by atoms with van der Waals surface area (Å²) in [5.74, 6) is 0.232. The summed E-state index contributed by atoms with van der Waals surface area (Å²) < 4.78 is 5.47. The van der Waals surface area contributed by atoms with Crippen LogP contribution in [0.25, 0.3) is 0 Å². The van der Waals surface area contributed by atoms with Crippen molar-refractivity contribution in [3.63, 3.8) is 0 Å². The van der Waals surface area contributed by atoms with Crippen molar-refractivity contribution in [1.29, 1.82) is 0 Å². The summed E-state index contributed by atoms with van der Waals surface area (Å²) in [4.78, 5) is 23.5. The van der Waals surface area contributed by atoms with Gasteiger partial charge in [-0.25, -0.2) is 0 Å². The zero-order valence-corrected chi connectivity index (χ0v) is 11.0. The van der Waals surface area contributed by atoms with E-state index in [4.69, 9.17) is 4.74 Å². The minimum absolute atomic E-state index is 0.0203. The second kappa shape index (κ2) is 3.56. The summed E-state index contributed by atoms with van der Waals surface area (Å²) in [5, 5.41) is 0. The first-order valence-electron chi connectivity index (χ1n) is 6.57. The highest BCUT2D eigenvalue weighted by molar-refractivity contribution is 6.05. The van der Waals surface area contributed by atoms with Crippen molar-refractivity contribution in [1.82, 2.24) is 0 Å². The Hall–Kier alpha value is -1.38. The molecule has 1 heterocycles. The highest BCUT2D eigenvalue weighted by Crippen LogP contribution is 2.52. The zero-order valence-electron chi connectivity index (χ0n) is 11.0. The largest absolute Gasteiger partial charge is 0.462 e. The molecule has 3 heteroatoms. The maximum Gasteiger partial charge on any atom is 0.309 e. The molecule has 1 saturated heterocycles. The third kappa shape index (κ3) is 1.43. The van der Waals surface area contributed by atoms with Crippen LogP contribution < -0.4 is 0 Å². The van der Waals surface area contributed by atoms with E-state index >= 15 is 0 Å². The molecule has 1 saturated carbocycles. The number of ketones is 1. The van der Waals surface area contributed by atoms with Crippen molar-refractivity contribution in [3.05, 3.63) is 23.3 Å². The highest BCUT2D eigenvalue weighted by atomic mass is 16.6. The maximum atomic E-state index is 11.8. The summed E-state index contributed by atoms with van der Waals surface area (Å²) in [5.41, 5.74) is 1.97. The normalized spacial score (nSPS) is 42.7. The molecule has 4 unspecified atom stereocenters. The number of esters is 1. The number of fused-ring (bicyclic) bond motifs is 2. The number of allylic oxidation sites excluding steroid dienone is 4. The summed E-state index contributed by atoms with van der Waals surface area (Å²) in [7, 11) is 0. The molecule has 0 aromatic heterocycles. The van der Waals surface area contributed by atoms with Gasteiger partial charge in [0.2, 0.25) is 0 Å². The number of carbonyl (C=O) groups is 2. The van der Waals surface area contributed by atoms with Gasteiger partial charge in [-0.1, -0.05) is 25.5 Å². The number of hydrogen-bond acceptors (Lipinski definition) is 3. The summed E-state index contributed by atoms with van der Waals surface area (Å²) in [6.45, 7) is 5.98. The van der Waals surface area contributed by atoms with Crippen LogP contribution in [0, 0.1) is 17.3 Å². The van der Waals surface area contributed by atoms with Crippen LogP contribution in [0.3, 0.4) is 0 Å². The minimum atomic E-state index is -0.108. The van der Waals surface area contributed by atoms with Gasteiger partial charge in [-0.05, 0) is 31.4 Å². The highest BCUT2D eigenvalue weighted by Gasteiger charge is 2.51. The van der Waals surface area contributed by atoms with E-state index in [1.807, 2.05) is 19.9 Å². The monoisotopic (exact) mass is 246 g/mol. The van der Waals surface area contributed by atoms with Gasteiger partial charge in [-0.15, -0.1) is 0 Å². The first-order chi connectivity index (χ1) is 8.42. The Balaban J connectivity index is 2.02. The molecule has 3 aliphatic rings. The molecule has 2 aliphatic carbocycles. The van der Waals surface area contributed by atoms with Crippen molar-refractivity contribution in [2.75, 3.05) is 0 Å². The van der Waals surface area contributed by atoms with E-state index in [9.17, 15) is 9.59 Å². The summed E-state index contributed by atoms with van der Waals surface area (Å²) in [6, 6.07) is 0. The Morgan fingerprint density at radius 2 is 2.11 bits per heavy atom. The Labute approximate surface area is 107 Å². The van der Waals surface area contributed by atoms with Gasteiger partial charge in [0.15, 0.2) is 5.78 Å². The van der Waals surface area contributed by atoms with E-state index in [1.165, 1.54) is 5.57 Å². The fourth-order valence-corrected chi connectivity index (χ4v) is 3.64.